The lowest BCUT2D eigenvalue weighted by Crippen LogP contribution is -2.55. The van der Waals surface area contributed by atoms with E-state index < -0.39 is 36.3 Å². The summed E-state index contributed by atoms with van der Waals surface area (Å²) in [5.41, 5.74) is 0.832. The van der Waals surface area contributed by atoms with Crippen molar-refractivity contribution in [3.05, 3.63) is 65.7 Å². The third-order valence-corrected chi connectivity index (χ3v) is 5.41. The maximum Gasteiger partial charge on any atom is 0.335 e. The molecule has 1 amide bonds. The van der Waals surface area contributed by atoms with Gasteiger partial charge in [-0.15, -0.1) is 0 Å². The number of hydrogen-bond donors (Lipinski definition) is 2. The summed E-state index contributed by atoms with van der Waals surface area (Å²) in [5.74, 6) is -3.73. The molecule has 2 aromatic rings. The Hall–Kier alpha value is -3.00. The van der Waals surface area contributed by atoms with E-state index in [0.29, 0.717) is 17.9 Å². The molecule has 1 aliphatic heterocycles. The molecule has 1 aliphatic rings. The number of nitrogens with one attached hydrogen (secondary N) is 1. The summed E-state index contributed by atoms with van der Waals surface area (Å²) in [6.07, 6.45) is -0.844. The van der Waals surface area contributed by atoms with Gasteiger partial charge in [-0.05, 0) is 36.8 Å². The summed E-state index contributed by atoms with van der Waals surface area (Å²) >= 11 is 0. The molecule has 0 saturated carbocycles. The zero-order valence-electron chi connectivity index (χ0n) is 17.3. The van der Waals surface area contributed by atoms with Crippen molar-refractivity contribution < 1.29 is 28.2 Å². The first kappa shape index (κ1) is 22.7. The number of ether oxygens (including phenoxy) is 1. The van der Waals surface area contributed by atoms with Gasteiger partial charge in [-0.3, -0.25) is 9.69 Å². The van der Waals surface area contributed by atoms with Crippen molar-refractivity contribution in [2.24, 2.45) is 0 Å². The van der Waals surface area contributed by atoms with Crippen LogP contribution in [-0.4, -0.2) is 53.5 Å². The molecule has 6 nitrogen and oxygen atoms in total. The van der Waals surface area contributed by atoms with Gasteiger partial charge in [0.2, 0.25) is 5.91 Å². The minimum absolute atomic E-state index is 0.102. The van der Waals surface area contributed by atoms with Gasteiger partial charge < -0.3 is 15.2 Å². The molecule has 8 heteroatoms. The van der Waals surface area contributed by atoms with Gasteiger partial charge in [-0.25, -0.2) is 13.6 Å². The van der Waals surface area contributed by atoms with E-state index in [9.17, 15) is 18.4 Å². The largest absolute Gasteiger partial charge is 0.492 e. The molecule has 1 unspecified atom stereocenters. The lowest BCUT2D eigenvalue weighted by molar-refractivity contribution is -0.138. The average molecular weight is 432 g/mol. The molecule has 1 saturated heterocycles. The molecule has 2 N–H and O–H groups in total. The first-order valence-electron chi connectivity index (χ1n) is 10.2. The zero-order chi connectivity index (χ0) is 22.4. The monoisotopic (exact) mass is 432 g/mol. The second-order valence-corrected chi connectivity index (χ2v) is 7.68. The van der Waals surface area contributed by atoms with E-state index in [0.717, 1.165) is 0 Å². The van der Waals surface area contributed by atoms with Gasteiger partial charge >= 0.3 is 5.97 Å². The number of aromatic carboxylic acids is 1. The number of carbonyl (C=O) groups excluding carboxylic acids is 1. The Morgan fingerprint density at radius 1 is 1.19 bits per heavy atom. The molecule has 0 spiro atoms. The van der Waals surface area contributed by atoms with Crippen LogP contribution >= 0.6 is 0 Å². The van der Waals surface area contributed by atoms with Gasteiger partial charge in [-0.1, -0.05) is 30.3 Å². The number of likely N-dealkylation sites (tertiary alicyclic amines) is 1. The van der Waals surface area contributed by atoms with Crippen LogP contribution in [0.5, 0.6) is 5.75 Å². The number of carbonyl (C=O) groups is 2. The number of carboxylic acid groups (broad SMARTS) is 1. The Kier molecular flexibility index (Phi) is 7.22. The van der Waals surface area contributed by atoms with Crippen molar-refractivity contribution in [3.8, 4) is 5.75 Å². The van der Waals surface area contributed by atoms with Crippen molar-refractivity contribution in [1.29, 1.82) is 0 Å². The summed E-state index contributed by atoms with van der Waals surface area (Å²) < 4.78 is 33.8. The Labute approximate surface area is 179 Å². The molecule has 0 aliphatic carbocycles. The Balaban J connectivity index is 1.62. The maximum absolute atomic E-state index is 14.1. The molecule has 0 bridgehead atoms. The molecule has 0 radical (unpaired) electrons. The Bertz CT molecular complexity index is 890. The predicted molar refractivity (Wildman–Crippen MR) is 111 cm³/mol. The summed E-state index contributed by atoms with van der Waals surface area (Å²) in [4.78, 5) is 25.6. The van der Waals surface area contributed by atoms with Crippen molar-refractivity contribution in [1.82, 2.24) is 10.2 Å². The number of benzene rings is 2. The van der Waals surface area contributed by atoms with Crippen LogP contribution in [0.3, 0.4) is 0 Å². The first-order valence-corrected chi connectivity index (χ1v) is 10.2. The first-order chi connectivity index (χ1) is 14.7. The topological polar surface area (TPSA) is 78.9 Å². The predicted octanol–water partition coefficient (Wildman–Crippen LogP) is 3.74. The van der Waals surface area contributed by atoms with Gasteiger partial charge in [-0.2, -0.15) is 0 Å². The van der Waals surface area contributed by atoms with E-state index in [1.54, 1.807) is 24.0 Å². The molecule has 166 valence electrons. The lowest BCUT2D eigenvalue weighted by atomic mass is 9.97. The van der Waals surface area contributed by atoms with Gasteiger partial charge in [0.15, 0.2) is 0 Å². The fourth-order valence-corrected chi connectivity index (χ4v) is 3.61. The van der Waals surface area contributed by atoms with Crippen LogP contribution in [0, 0.1) is 0 Å². The van der Waals surface area contributed by atoms with E-state index in [2.05, 4.69) is 5.32 Å². The maximum atomic E-state index is 14.1. The number of amides is 1. The van der Waals surface area contributed by atoms with Crippen LogP contribution < -0.4 is 10.1 Å². The molecule has 2 atom stereocenters. The van der Waals surface area contributed by atoms with Crippen molar-refractivity contribution in [2.45, 2.75) is 37.8 Å². The third-order valence-electron chi connectivity index (χ3n) is 5.41. The number of para-hydroxylation sites is 1. The molecule has 1 fully saturated rings. The van der Waals surface area contributed by atoms with Crippen LogP contribution in [-0.2, 0) is 4.79 Å². The third kappa shape index (κ3) is 6.24. The number of carboxylic acids is 1. The van der Waals surface area contributed by atoms with Crippen molar-refractivity contribution in [3.63, 3.8) is 0 Å². The van der Waals surface area contributed by atoms with Gasteiger partial charge in [0.25, 0.3) is 5.92 Å². The quantitative estimate of drug-likeness (QED) is 0.665. The number of hydrogen-bond acceptors (Lipinski definition) is 4. The molecule has 2 aromatic carbocycles. The van der Waals surface area contributed by atoms with Crippen LogP contribution in [0.25, 0.3) is 0 Å². The smallest absolute Gasteiger partial charge is 0.335 e. The highest BCUT2D eigenvalue weighted by atomic mass is 19.3. The molecular weight excluding hydrogens is 406 g/mol. The zero-order valence-corrected chi connectivity index (χ0v) is 17.3. The highest BCUT2D eigenvalue weighted by molar-refractivity contribution is 5.87. The lowest BCUT2D eigenvalue weighted by Gasteiger charge is -2.38. The number of nitrogens with zero attached hydrogens (tertiary/aromatic N) is 1. The highest BCUT2D eigenvalue weighted by Gasteiger charge is 2.43. The second-order valence-electron chi connectivity index (χ2n) is 7.68. The van der Waals surface area contributed by atoms with E-state index in [-0.39, 0.29) is 25.1 Å². The summed E-state index contributed by atoms with van der Waals surface area (Å²) in [6, 6.07) is 13.9. The molecule has 0 aromatic heterocycles. The van der Waals surface area contributed by atoms with Crippen LogP contribution in [0.15, 0.2) is 54.6 Å². The van der Waals surface area contributed by atoms with Gasteiger partial charge in [0.05, 0.1) is 17.6 Å². The molecular formula is C23H26F2N2O4. The molecule has 3 rings (SSSR count). The minimum atomic E-state index is -2.90. The summed E-state index contributed by atoms with van der Waals surface area (Å²) in [6.45, 7) is 2.47. The Morgan fingerprint density at radius 2 is 1.87 bits per heavy atom. The van der Waals surface area contributed by atoms with Crippen molar-refractivity contribution >= 4 is 11.9 Å². The number of halogens is 2. The van der Waals surface area contributed by atoms with Crippen LogP contribution in [0.2, 0.25) is 0 Å². The van der Waals surface area contributed by atoms with E-state index in [1.807, 2.05) is 30.3 Å². The number of piperidine rings is 1. The average Bonchev–Trinajstić information content (AvgIpc) is 2.75. The van der Waals surface area contributed by atoms with Crippen molar-refractivity contribution in [2.75, 3.05) is 19.7 Å². The fraction of sp³-hybridized carbons (Fsp3) is 0.391. The van der Waals surface area contributed by atoms with Crippen LogP contribution in [0.1, 0.15) is 41.7 Å². The number of rotatable bonds is 8. The van der Waals surface area contributed by atoms with Gasteiger partial charge in [0, 0.05) is 25.9 Å². The second kappa shape index (κ2) is 9.87. The molecule has 1 heterocycles. The normalized spacial score (nSPS) is 19.4. The Morgan fingerprint density at radius 3 is 2.52 bits per heavy atom. The molecule has 31 heavy (non-hydrogen) atoms. The van der Waals surface area contributed by atoms with Gasteiger partial charge in [0.1, 0.15) is 12.4 Å². The standard InChI is InChI=1S/C23H26F2N2O4/c1-16(17-7-9-18(10-8-17)22(29)30)26-21(28)20-15-23(24,25)11-12-27(20)13-14-31-19-5-3-2-4-6-19/h2-10,16,20H,11-15H2,1H3,(H,26,28)(H,29,30)/t16?,20-/m0/s1. The highest BCUT2D eigenvalue weighted by Crippen LogP contribution is 2.32. The summed E-state index contributed by atoms with van der Waals surface area (Å²) in [5, 5.41) is 11.8. The summed E-state index contributed by atoms with van der Waals surface area (Å²) in [7, 11) is 0. The van der Waals surface area contributed by atoms with E-state index in [1.165, 1.54) is 12.1 Å². The minimum Gasteiger partial charge on any atom is -0.492 e. The van der Waals surface area contributed by atoms with Crippen LogP contribution in [0.4, 0.5) is 8.78 Å². The van der Waals surface area contributed by atoms with E-state index >= 15 is 0 Å². The number of alkyl halides is 2. The SMILES string of the molecule is CC(NC(=O)[C@@H]1CC(F)(F)CCN1CCOc1ccccc1)c1ccc(C(=O)O)cc1. The van der Waals surface area contributed by atoms with E-state index in [4.69, 9.17) is 9.84 Å². The fourth-order valence-electron chi connectivity index (χ4n) is 3.61.